The smallest absolute Gasteiger partial charge is 0.0410 e. The van der Waals surface area contributed by atoms with Crippen LogP contribution in [0.3, 0.4) is 0 Å². The Morgan fingerprint density at radius 1 is 1.44 bits per heavy atom. The number of nitrogens with zero attached hydrogens (tertiary/aromatic N) is 1. The molecule has 0 unspecified atom stereocenters. The van der Waals surface area contributed by atoms with Crippen LogP contribution in [0.2, 0.25) is 0 Å². The molecule has 0 saturated heterocycles. The predicted octanol–water partition coefficient (Wildman–Crippen LogP) is 3.51. The second-order valence-electron chi connectivity index (χ2n) is 4.82. The van der Waals surface area contributed by atoms with E-state index < -0.39 is 0 Å². The lowest BCUT2D eigenvalue weighted by atomic mass is 9.67. The summed E-state index contributed by atoms with van der Waals surface area (Å²) in [6.07, 6.45) is 9.26. The first-order valence-electron chi connectivity index (χ1n) is 6.04. The molecule has 1 aliphatic carbocycles. The topological polar surface area (TPSA) is 24.9 Å². The Kier molecular flexibility index (Phi) is 3.98. The zero-order valence-electron chi connectivity index (χ0n) is 9.80. The fraction of sp³-hybridized carbons (Fsp3) is 0.615. The van der Waals surface area contributed by atoms with E-state index in [-0.39, 0.29) is 0 Å². The van der Waals surface area contributed by atoms with E-state index in [2.05, 4.69) is 39.2 Å². The van der Waals surface area contributed by atoms with Crippen molar-refractivity contribution in [2.75, 3.05) is 6.54 Å². The van der Waals surface area contributed by atoms with Gasteiger partial charge in [-0.1, -0.05) is 13.3 Å². The molecule has 0 bridgehead atoms. The Labute approximate surface area is 106 Å². The minimum Gasteiger partial charge on any atom is -0.312 e. The van der Waals surface area contributed by atoms with Crippen LogP contribution in [-0.4, -0.2) is 11.5 Å². The van der Waals surface area contributed by atoms with Crippen molar-refractivity contribution in [3.63, 3.8) is 0 Å². The van der Waals surface area contributed by atoms with Gasteiger partial charge in [0.2, 0.25) is 0 Å². The third kappa shape index (κ3) is 2.83. The van der Waals surface area contributed by atoms with Gasteiger partial charge in [-0.05, 0) is 52.2 Å². The van der Waals surface area contributed by atoms with Crippen LogP contribution in [-0.2, 0) is 6.54 Å². The maximum absolute atomic E-state index is 4.17. The molecule has 1 heterocycles. The molecule has 0 spiro atoms. The van der Waals surface area contributed by atoms with Gasteiger partial charge in [0, 0.05) is 30.0 Å². The molecule has 3 heteroatoms. The molecule has 0 aliphatic heterocycles. The third-order valence-corrected chi connectivity index (χ3v) is 4.19. The van der Waals surface area contributed by atoms with Crippen LogP contribution in [0.15, 0.2) is 22.9 Å². The molecular weight excluding hydrogens is 264 g/mol. The molecule has 0 atom stereocenters. The van der Waals surface area contributed by atoms with Crippen LogP contribution in [0, 0.1) is 5.41 Å². The first-order valence-corrected chi connectivity index (χ1v) is 6.84. The average Bonchev–Trinajstić information content (AvgIpc) is 2.22. The lowest BCUT2D eigenvalue weighted by Gasteiger charge is -2.41. The highest BCUT2D eigenvalue weighted by atomic mass is 79.9. The van der Waals surface area contributed by atoms with Gasteiger partial charge in [-0.3, -0.25) is 4.98 Å². The fourth-order valence-electron chi connectivity index (χ4n) is 2.36. The van der Waals surface area contributed by atoms with Gasteiger partial charge >= 0.3 is 0 Å². The van der Waals surface area contributed by atoms with Crippen molar-refractivity contribution in [2.24, 2.45) is 5.41 Å². The lowest BCUT2D eigenvalue weighted by Crippen LogP contribution is -2.39. The third-order valence-electron chi connectivity index (χ3n) is 3.75. The van der Waals surface area contributed by atoms with Crippen LogP contribution >= 0.6 is 15.9 Å². The zero-order valence-corrected chi connectivity index (χ0v) is 11.4. The number of hydrogen-bond acceptors (Lipinski definition) is 2. The van der Waals surface area contributed by atoms with Gasteiger partial charge in [0.05, 0.1) is 0 Å². The quantitative estimate of drug-likeness (QED) is 0.894. The molecule has 1 fully saturated rings. The SMILES string of the molecule is CCC1(CNCc2cncc(Br)c2)CCC1. The Morgan fingerprint density at radius 3 is 2.81 bits per heavy atom. The van der Waals surface area contributed by atoms with Crippen molar-refractivity contribution in [1.82, 2.24) is 10.3 Å². The minimum atomic E-state index is 0.597. The van der Waals surface area contributed by atoms with Crippen LogP contribution in [0.1, 0.15) is 38.2 Å². The number of pyridine rings is 1. The molecule has 1 N–H and O–H groups in total. The summed E-state index contributed by atoms with van der Waals surface area (Å²) in [4.78, 5) is 4.17. The predicted molar refractivity (Wildman–Crippen MR) is 70.2 cm³/mol. The van der Waals surface area contributed by atoms with Crippen LogP contribution in [0.5, 0.6) is 0 Å². The Hall–Kier alpha value is -0.410. The molecule has 2 rings (SSSR count). The maximum atomic E-state index is 4.17. The monoisotopic (exact) mass is 282 g/mol. The van der Waals surface area contributed by atoms with Crippen molar-refractivity contribution in [1.29, 1.82) is 0 Å². The van der Waals surface area contributed by atoms with Gasteiger partial charge in [-0.2, -0.15) is 0 Å². The summed E-state index contributed by atoms with van der Waals surface area (Å²) in [6, 6.07) is 2.12. The van der Waals surface area contributed by atoms with Crippen molar-refractivity contribution in [3.8, 4) is 0 Å². The molecule has 1 aliphatic rings. The molecule has 2 nitrogen and oxygen atoms in total. The van der Waals surface area contributed by atoms with Gasteiger partial charge in [0.1, 0.15) is 0 Å². The van der Waals surface area contributed by atoms with Crippen molar-refractivity contribution < 1.29 is 0 Å². The first kappa shape index (κ1) is 12.1. The molecule has 16 heavy (non-hydrogen) atoms. The highest BCUT2D eigenvalue weighted by molar-refractivity contribution is 9.10. The van der Waals surface area contributed by atoms with Crippen molar-refractivity contribution in [3.05, 3.63) is 28.5 Å². The van der Waals surface area contributed by atoms with E-state index in [1.165, 1.54) is 31.2 Å². The molecule has 1 saturated carbocycles. The van der Waals surface area contributed by atoms with E-state index in [9.17, 15) is 0 Å². The second kappa shape index (κ2) is 5.28. The largest absolute Gasteiger partial charge is 0.312 e. The molecule has 1 aromatic rings. The van der Waals surface area contributed by atoms with Crippen LogP contribution in [0.4, 0.5) is 0 Å². The van der Waals surface area contributed by atoms with E-state index >= 15 is 0 Å². The highest BCUT2D eigenvalue weighted by Crippen LogP contribution is 2.43. The number of rotatable bonds is 5. The normalized spacial score (nSPS) is 18.1. The standard InChI is InChI=1S/C13H19BrN2/c1-2-13(4-3-5-13)10-16-8-11-6-12(14)9-15-7-11/h6-7,9,16H,2-5,8,10H2,1H3. The van der Waals surface area contributed by atoms with E-state index in [0.29, 0.717) is 5.41 Å². The Bertz CT molecular complexity index is 342. The highest BCUT2D eigenvalue weighted by Gasteiger charge is 2.34. The Balaban J connectivity index is 1.79. The lowest BCUT2D eigenvalue weighted by molar-refractivity contribution is 0.124. The van der Waals surface area contributed by atoms with Crippen LogP contribution in [0.25, 0.3) is 0 Å². The molecule has 1 aromatic heterocycles. The summed E-state index contributed by atoms with van der Waals surface area (Å²) >= 11 is 3.44. The summed E-state index contributed by atoms with van der Waals surface area (Å²) in [5.41, 5.74) is 1.85. The van der Waals surface area contributed by atoms with E-state index in [1.807, 2.05) is 12.4 Å². The number of nitrogens with one attached hydrogen (secondary N) is 1. The minimum absolute atomic E-state index is 0.597. The van der Waals surface area contributed by atoms with Gasteiger partial charge in [0.25, 0.3) is 0 Å². The molecule has 0 aromatic carbocycles. The number of halogens is 1. The Morgan fingerprint density at radius 2 is 2.25 bits per heavy atom. The molecular formula is C13H19BrN2. The summed E-state index contributed by atoms with van der Waals surface area (Å²) in [6.45, 7) is 4.38. The average molecular weight is 283 g/mol. The summed E-state index contributed by atoms with van der Waals surface area (Å²) in [5, 5.41) is 3.56. The fourth-order valence-corrected chi connectivity index (χ4v) is 2.77. The van der Waals surface area contributed by atoms with E-state index in [1.54, 1.807) is 0 Å². The summed E-state index contributed by atoms with van der Waals surface area (Å²) in [5.74, 6) is 0. The van der Waals surface area contributed by atoms with Crippen LogP contribution < -0.4 is 5.32 Å². The number of hydrogen-bond donors (Lipinski definition) is 1. The molecule has 0 radical (unpaired) electrons. The maximum Gasteiger partial charge on any atom is 0.0410 e. The summed E-state index contributed by atoms with van der Waals surface area (Å²) in [7, 11) is 0. The second-order valence-corrected chi connectivity index (χ2v) is 5.74. The summed E-state index contributed by atoms with van der Waals surface area (Å²) < 4.78 is 1.06. The zero-order chi connectivity index (χ0) is 11.4. The number of aromatic nitrogens is 1. The van der Waals surface area contributed by atoms with Gasteiger partial charge < -0.3 is 5.32 Å². The van der Waals surface area contributed by atoms with E-state index in [4.69, 9.17) is 0 Å². The van der Waals surface area contributed by atoms with Crippen molar-refractivity contribution >= 4 is 15.9 Å². The van der Waals surface area contributed by atoms with Gasteiger partial charge in [0.15, 0.2) is 0 Å². The molecule has 0 amide bonds. The van der Waals surface area contributed by atoms with E-state index in [0.717, 1.165) is 17.6 Å². The molecule has 88 valence electrons. The van der Waals surface area contributed by atoms with Crippen molar-refractivity contribution in [2.45, 2.75) is 39.2 Å². The van der Waals surface area contributed by atoms with Gasteiger partial charge in [-0.25, -0.2) is 0 Å². The van der Waals surface area contributed by atoms with Gasteiger partial charge in [-0.15, -0.1) is 0 Å². The first-order chi connectivity index (χ1) is 7.74.